The lowest BCUT2D eigenvalue weighted by molar-refractivity contribution is -0.120. The zero-order chi connectivity index (χ0) is 18.1. The largest absolute Gasteiger partial charge is 0.489 e. The molecule has 25 heavy (non-hydrogen) atoms. The minimum absolute atomic E-state index is 0.0643. The summed E-state index contributed by atoms with van der Waals surface area (Å²) in [5, 5.41) is 2.92. The lowest BCUT2D eigenvalue weighted by Crippen LogP contribution is -2.44. The molecule has 1 N–H and O–H groups in total. The quantitative estimate of drug-likeness (QED) is 0.749. The average Bonchev–Trinajstić information content (AvgIpc) is 2.62. The fraction of sp³-hybridized carbons (Fsp3) is 0.350. The molecule has 0 aliphatic rings. The summed E-state index contributed by atoms with van der Waals surface area (Å²) in [7, 11) is 0. The average molecular weight is 344 g/mol. The lowest BCUT2D eigenvalue weighted by atomic mass is 10.2. The van der Waals surface area contributed by atoms with Crippen molar-refractivity contribution >= 4 is 11.6 Å². The van der Waals surface area contributed by atoms with Gasteiger partial charge in [0, 0.05) is 12.2 Å². The van der Waals surface area contributed by atoms with Gasteiger partial charge in [-0.1, -0.05) is 37.3 Å². The zero-order valence-electron chi connectivity index (χ0n) is 14.7. The van der Waals surface area contributed by atoms with Crippen LogP contribution in [-0.2, 0) is 4.79 Å². The number of para-hydroxylation sites is 2. The second kappa shape index (κ2) is 9.79. The van der Waals surface area contributed by atoms with E-state index >= 15 is 0 Å². The Kier molecular flexibility index (Phi) is 7.41. The maximum Gasteiger partial charge on any atom is 0.241 e. The Morgan fingerprint density at radius 1 is 1.12 bits per heavy atom. The van der Waals surface area contributed by atoms with E-state index in [1.54, 1.807) is 18.2 Å². The lowest BCUT2D eigenvalue weighted by Gasteiger charge is -2.27. The molecule has 2 aromatic carbocycles. The van der Waals surface area contributed by atoms with E-state index in [2.05, 4.69) is 12.2 Å². The van der Waals surface area contributed by atoms with Crippen LogP contribution in [0.4, 0.5) is 10.1 Å². The molecular formula is C20H25FN2O2. The zero-order valence-corrected chi connectivity index (χ0v) is 14.7. The molecule has 0 saturated carbocycles. The van der Waals surface area contributed by atoms with E-state index in [0.717, 1.165) is 18.7 Å². The van der Waals surface area contributed by atoms with Crippen molar-refractivity contribution in [1.82, 2.24) is 4.90 Å². The molecule has 0 radical (unpaired) electrons. The Labute approximate surface area is 148 Å². The molecular weight excluding hydrogens is 319 g/mol. The Hall–Kier alpha value is -2.40. The fourth-order valence-corrected chi connectivity index (χ4v) is 2.55. The van der Waals surface area contributed by atoms with Crippen molar-refractivity contribution in [2.45, 2.75) is 26.3 Å². The van der Waals surface area contributed by atoms with Gasteiger partial charge in [-0.25, -0.2) is 4.39 Å². The number of rotatable bonds is 9. The standard InChI is InChI=1S/C20H25FN2O2/c1-3-13-23(14-15-25-19-12-8-7-11-18(19)21)16(2)20(24)22-17-9-5-4-6-10-17/h4-12,16H,3,13-15H2,1-2H3,(H,22,24)/t16-/m0/s1. The number of halogens is 1. The van der Waals surface area contributed by atoms with Gasteiger partial charge in [0.25, 0.3) is 0 Å². The molecule has 0 spiro atoms. The molecule has 2 aromatic rings. The van der Waals surface area contributed by atoms with Crippen LogP contribution in [0.1, 0.15) is 20.3 Å². The molecule has 1 atom stereocenters. The summed E-state index contributed by atoms with van der Waals surface area (Å²) in [6.07, 6.45) is 0.919. The summed E-state index contributed by atoms with van der Waals surface area (Å²) >= 11 is 0. The summed E-state index contributed by atoms with van der Waals surface area (Å²) in [6, 6.07) is 15.4. The molecule has 0 aliphatic carbocycles. The minimum atomic E-state index is -0.376. The summed E-state index contributed by atoms with van der Waals surface area (Å²) in [4.78, 5) is 14.5. The maximum absolute atomic E-state index is 13.6. The predicted molar refractivity (Wildman–Crippen MR) is 98.3 cm³/mol. The molecule has 134 valence electrons. The first kappa shape index (κ1) is 18.9. The van der Waals surface area contributed by atoms with E-state index in [0.29, 0.717) is 13.2 Å². The van der Waals surface area contributed by atoms with Gasteiger partial charge >= 0.3 is 0 Å². The van der Waals surface area contributed by atoms with Crippen molar-refractivity contribution in [3.63, 3.8) is 0 Å². The highest BCUT2D eigenvalue weighted by Crippen LogP contribution is 2.15. The van der Waals surface area contributed by atoms with Crippen molar-refractivity contribution in [3.05, 3.63) is 60.4 Å². The van der Waals surface area contributed by atoms with Crippen LogP contribution in [-0.4, -0.2) is 36.5 Å². The summed E-state index contributed by atoms with van der Waals surface area (Å²) in [6.45, 7) is 5.57. The molecule has 5 heteroatoms. The van der Waals surface area contributed by atoms with E-state index < -0.39 is 0 Å². The number of carbonyl (C=O) groups excluding carboxylic acids is 1. The molecule has 0 bridgehead atoms. The highest BCUT2D eigenvalue weighted by Gasteiger charge is 2.20. The Morgan fingerprint density at radius 2 is 1.80 bits per heavy atom. The second-order valence-electron chi connectivity index (χ2n) is 5.85. The molecule has 4 nitrogen and oxygen atoms in total. The molecule has 0 aromatic heterocycles. The molecule has 0 heterocycles. The Morgan fingerprint density at radius 3 is 2.48 bits per heavy atom. The molecule has 0 aliphatic heterocycles. The minimum Gasteiger partial charge on any atom is -0.489 e. The van der Waals surface area contributed by atoms with E-state index in [4.69, 9.17) is 4.74 Å². The Bertz CT molecular complexity index is 664. The summed E-state index contributed by atoms with van der Waals surface area (Å²) in [5.41, 5.74) is 0.776. The highest BCUT2D eigenvalue weighted by atomic mass is 19.1. The van der Waals surface area contributed by atoms with Gasteiger partial charge in [0.15, 0.2) is 11.6 Å². The number of carbonyl (C=O) groups is 1. The van der Waals surface area contributed by atoms with Gasteiger partial charge in [-0.3, -0.25) is 9.69 Å². The van der Waals surface area contributed by atoms with Crippen LogP contribution in [0.3, 0.4) is 0 Å². The number of benzene rings is 2. The van der Waals surface area contributed by atoms with Gasteiger partial charge in [-0.05, 0) is 44.2 Å². The van der Waals surface area contributed by atoms with Gasteiger partial charge in [0.1, 0.15) is 6.61 Å². The normalized spacial score (nSPS) is 12.0. The van der Waals surface area contributed by atoms with Crippen LogP contribution in [0.15, 0.2) is 54.6 Å². The summed E-state index contributed by atoms with van der Waals surface area (Å²) in [5.74, 6) is -0.203. The first-order valence-electron chi connectivity index (χ1n) is 8.59. The third-order valence-electron chi connectivity index (χ3n) is 3.95. The van der Waals surface area contributed by atoms with Gasteiger partial charge in [-0.15, -0.1) is 0 Å². The van der Waals surface area contributed by atoms with Gasteiger partial charge in [-0.2, -0.15) is 0 Å². The smallest absolute Gasteiger partial charge is 0.241 e. The third kappa shape index (κ3) is 5.87. The molecule has 1 amide bonds. The van der Waals surface area contributed by atoms with Crippen molar-refractivity contribution < 1.29 is 13.9 Å². The van der Waals surface area contributed by atoms with Crippen molar-refractivity contribution in [2.24, 2.45) is 0 Å². The number of nitrogens with zero attached hydrogens (tertiary/aromatic N) is 1. The predicted octanol–water partition coefficient (Wildman–Crippen LogP) is 3.94. The van der Waals surface area contributed by atoms with Crippen LogP contribution < -0.4 is 10.1 Å². The van der Waals surface area contributed by atoms with Gasteiger partial charge in [0.05, 0.1) is 6.04 Å². The van der Waals surface area contributed by atoms with Crippen LogP contribution in [0.25, 0.3) is 0 Å². The third-order valence-corrected chi connectivity index (χ3v) is 3.95. The van der Waals surface area contributed by atoms with Crippen LogP contribution in [0.5, 0.6) is 5.75 Å². The van der Waals surface area contributed by atoms with Crippen molar-refractivity contribution in [2.75, 3.05) is 25.0 Å². The fourth-order valence-electron chi connectivity index (χ4n) is 2.55. The first-order chi connectivity index (χ1) is 12.1. The molecule has 2 rings (SSSR count). The number of anilines is 1. The van der Waals surface area contributed by atoms with E-state index in [1.165, 1.54) is 6.07 Å². The van der Waals surface area contributed by atoms with Crippen molar-refractivity contribution in [3.8, 4) is 5.75 Å². The van der Waals surface area contributed by atoms with Gasteiger partial charge < -0.3 is 10.1 Å². The molecule has 0 unspecified atom stereocenters. The number of hydrogen-bond acceptors (Lipinski definition) is 3. The van der Waals surface area contributed by atoms with Crippen molar-refractivity contribution in [1.29, 1.82) is 0 Å². The highest BCUT2D eigenvalue weighted by molar-refractivity contribution is 5.94. The number of amides is 1. The van der Waals surface area contributed by atoms with Crippen LogP contribution in [0.2, 0.25) is 0 Å². The topological polar surface area (TPSA) is 41.6 Å². The number of ether oxygens (including phenoxy) is 1. The molecule has 0 saturated heterocycles. The Balaban J connectivity index is 1.89. The SMILES string of the molecule is CCCN(CCOc1ccccc1F)[C@@H](C)C(=O)Nc1ccccc1. The maximum atomic E-state index is 13.6. The number of hydrogen-bond donors (Lipinski definition) is 1. The van der Waals surface area contributed by atoms with E-state index in [1.807, 2.05) is 42.2 Å². The van der Waals surface area contributed by atoms with Gasteiger partial charge in [0.2, 0.25) is 5.91 Å². The van der Waals surface area contributed by atoms with Crippen LogP contribution >= 0.6 is 0 Å². The van der Waals surface area contributed by atoms with E-state index in [9.17, 15) is 9.18 Å². The summed E-state index contributed by atoms with van der Waals surface area (Å²) < 4.78 is 19.1. The number of nitrogens with one attached hydrogen (secondary N) is 1. The molecule has 0 fully saturated rings. The first-order valence-corrected chi connectivity index (χ1v) is 8.59. The second-order valence-corrected chi connectivity index (χ2v) is 5.85. The van der Waals surface area contributed by atoms with E-state index in [-0.39, 0.29) is 23.5 Å². The van der Waals surface area contributed by atoms with Crippen LogP contribution in [0, 0.1) is 5.82 Å². The monoisotopic (exact) mass is 344 g/mol.